The molecule has 3 aromatic rings. The first-order chi connectivity index (χ1) is 15.0. The first kappa shape index (κ1) is 22.1. The maximum atomic E-state index is 12.8. The lowest BCUT2D eigenvalue weighted by Crippen LogP contribution is -2.28. The fourth-order valence-electron chi connectivity index (χ4n) is 3.46. The fraction of sp³-hybridized carbons (Fsp3) is 0.231. The van der Waals surface area contributed by atoms with Crippen LogP contribution in [0.1, 0.15) is 46.4 Å². The normalized spacial score (nSPS) is 11.5. The summed E-state index contributed by atoms with van der Waals surface area (Å²) in [6.45, 7) is 3.92. The number of rotatable bonds is 8. The molecule has 2 amide bonds. The van der Waals surface area contributed by atoms with Crippen LogP contribution < -0.4 is 15.4 Å². The highest BCUT2D eigenvalue weighted by Crippen LogP contribution is 2.21. The van der Waals surface area contributed by atoms with Gasteiger partial charge in [-0.2, -0.15) is 0 Å². The van der Waals surface area contributed by atoms with E-state index >= 15 is 0 Å². The minimum Gasteiger partial charge on any atom is -0.496 e. The molecule has 0 saturated heterocycles. The molecule has 0 radical (unpaired) electrons. The number of nitrogens with one attached hydrogen (secondary N) is 2. The number of benzene rings is 3. The lowest BCUT2D eigenvalue weighted by molar-refractivity contribution is -0.116. The van der Waals surface area contributed by atoms with E-state index < -0.39 is 0 Å². The highest BCUT2D eigenvalue weighted by molar-refractivity contribution is 6.03. The van der Waals surface area contributed by atoms with Crippen molar-refractivity contribution < 1.29 is 14.3 Å². The highest BCUT2D eigenvalue weighted by Gasteiger charge is 2.16. The minimum absolute atomic E-state index is 0.134. The number of methoxy groups -OCH3 is 1. The SMILES string of the molecule is COc1ccc(CCC(=O)Nc2ccccc2C(=O)N[C@@H](C)c2ccccc2)cc1C. The van der Waals surface area contributed by atoms with Crippen molar-refractivity contribution in [3.05, 3.63) is 95.1 Å². The van der Waals surface area contributed by atoms with E-state index in [2.05, 4.69) is 10.6 Å². The van der Waals surface area contributed by atoms with Gasteiger partial charge in [0, 0.05) is 6.42 Å². The molecule has 5 heteroatoms. The Morgan fingerprint density at radius 1 is 0.968 bits per heavy atom. The van der Waals surface area contributed by atoms with Crippen LogP contribution in [0.4, 0.5) is 5.69 Å². The molecule has 3 rings (SSSR count). The van der Waals surface area contributed by atoms with Crippen LogP contribution in [0.2, 0.25) is 0 Å². The molecule has 3 aromatic carbocycles. The third-order valence-electron chi connectivity index (χ3n) is 5.19. The second-order valence-electron chi connectivity index (χ2n) is 7.50. The molecule has 0 fully saturated rings. The van der Waals surface area contributed by atoms with E-state index in [1.165, 1.54) is 0 Å². The monoisotopic (exact) mass is 416 g/mol. The molecule has 0 aromatic heterocycles. The van der Waals surface area contributed by atoms with E-state index in [1.54, 1.807) is 31.4 Å². The molecule has 0 saturated carbocycles. The summed E-state index contributed by atoms with van der Waals surface area (Å²) >= 11 is 0. The van der Waals surface area contributed by atoms with Crippen LogP contribution in [0.5, 0.6) is 5.75 Å². The topological polar surface area (TPSA) is 67.4 Å². The van der Waals surface area contributed by atoms with Crippen LogP contribution in [-0.2, 0) is 11.2 Å². The average molecular weight is 417 g/mol. The average Bonchev–Trinajstić information content (AvgIpc) is 2.78. The van der Waals surface area contributed by atoms with Crippen LogP contribution >= 0.6 is 0 Å². The number of ether oxygens (including phenoxy) is 1. The number of para-hydroxylation sites is 1. The summed E-state index contributed by atoms with van der Waals surface area (Å²) in [5, 5.41) is 5.89. The van der Waals surface area contributed by atoms with Crippen LogP contribution in [-0.4, -0.2) is 18.9 Å². The van der Waals surface area contributed by atoms with Crippen molar-refractivity contribution in [1.82, 2.24) is 5.32 Å². The van der Waals surface area contributed by atoms with Gasteiger partial charge < -0.3 is 15.4 Å². The number of carbonyl (C=O) groups excluding carboxylic acids is 2. The third-order valence-corrected chi connectivity index (χ3v) is 5.19. The van der Waals surface area contributed by atoms with Gasteiger partial charge in [-0.05, 0) is 55.2 Å². The summed E-state index contributed by atoms with van der Waals surface area (Å²) in [4.78, 5) is 25.4. The van der Waals surface area contributed by atoms with Gasteiger partial charge in [-0.25, -0.2) is 0 Å². The molecule has 0 unspecified atom stereocenters. The Kier molecular flexibility index (Phi) is 7.44. The number of hydrogen-bond acceptors (Lipinski definition) is 3. The molecule has 0 heterocycles. The Morgan fingerprint density at radius 3 is 2.39 bits per heavy atom. The summed E-state index contributed by atoms with van der Waals surface area (Å²) in [7, 11) is 1.64. The van der Waals surface area contributed by atoms with Gasteiger partial charge in [0.1, 0.15) is 5.75 Å². The Bertz CT molecular complexity index is 1050. The largest absolute Gasteiger partial charge is 0.496 e. The maximum absolute atomic E-state index is 12.8. The maximum Gasteiger partial charge on any atom is 0.253 e. The summed E-state index contributed by atoms with van der Waals surface area (Å²) in [5.41, 5.74) is 4.08. The molecule has 0 aliphatic rings. The van der Waals surface area contributed by atoms with Gasteiger partial charge >= 0.3 is 0 Å². The molecule has 0 aliphatic carbocycles. The van der Waals surface area contributed by atoms with E-state index in [0.717, 1.165) is 22.4 Å². The zero-order valence-electron chi connectivity index (χ0n) is 18.1. The van der Waals surface area contributed by atoms with Crippen LogP contribution in [0.3, 0.4) is 0 Å². The standard InChI is InChI=1S/C26H28N2O3/c1-18-17-20(13-15-24(18)31-3)14-16-25(29)28-23-12-8-7-11-22(23)26(30)27-19(2)21-9-5-4-6-10-21/h4-13,15,17,19H,14,16H2,1-3H3,(H,27,30)(H,28,29)/t19-/m0/s1. The van der Waals surface area contributed by atoms with Crippen LogP contribution in [0.15, 0.2) is 72.8 Å². The lowest BCUT2D eigenvalue weighted by Gasteiger charge is -2.16. The van der Waals surface area contributed by atoms with Crippen molar-refractivity contribution in [3.8, 4) is 5.75 Å². The Morgan fingerprint density at radius 2 is 1.68 bits per heavy atom. The van der Waals surface area contributed by atoms with Gasteiger partial charge in [0.2, 0.25) is 5.91 Å². The first-order valence-corrected chi connectivity index (χ1v) is 10.4. The predicted molar refractivity (Wildman–Crippen MR) is 123 cm³/mol. The van der Waals surface area contributed by atoms with Crippen LogP contribution in [0, 0.1) is 6.92 Å². The second kappa shape index (κ2) is 10.4. The van der Waals surface area contributed by atoms with Crippen molar-refractivity contribution >= 4 is 17.5 Å². The van der Waals surface area contributed by atoms with Crippen molar-refractivity contribution in [2.24, 2.45) is 0 Å². The third kappa shape index (κ3) is 5.95. The summed E-state index contributed by atoms with van der Waals surface area (Å²) in [6, 6.07) is 22.6. The second-order valence-corrected chi connectivity index (χ2v) is 7.50. The minimum atomic E-state index is -0.224. The first-order valence-electron chi connectivity index (χ1n) is 10.4. The van der Waals surface area contributed by atoms with E-state index in [4.69, 9.17) is 4.74 Å². The number of amides is 2. The predicted octanol–water partition coefficient (Wildman–Crippen LogP) is 5.07. The zero-order valence-corrected chi connectivity index (χ0v) is 18.1. The molecular formula is C26H28N2O3. The van der Waals surface area contributed by atoms with E-state index in [9.17, 15) is 9.59 Å². The quantitative estimate of drug-likeness (QED) is 0.539. The number of hydrogen-bond donors (Lipinski definition) is 2. The van der Waals surface area contributed by atoms with Gasteiger partial charge in [0.05, 0.1) is 24.4 Å². The number of aryl methyl sites for hydroxylation is 2. The fourth-order valence-corrected chi connectivity index (χ4v) is 3.46. The van der Waals surface area contributed by atoms with Gasteiger partial charge in [0.25, 0.3) is 5.91 Å². The van der Waals surface area contributed by atoms with Gasteiger partial charge in [-0.3, -0.25) is 9.59 Å². The smallest absolute Gasteiger partial charge is 0.253 e. The Balaban J connectivity index is 1.62. The summed E-state index contributed by atoms with van der Waals surface area (Å²) in [6.07, 6.45) is 0.929. The highest BCUT2D eigenvalue weighted by atomic mass is 16.5. The van der Waals surface area contributed by atoms with Crippen molar-refractivity contribution in [1.29, 1.82) is 0 Å². The Labute approximate surface area is 183 Å². The molecular weight excluding hydrogens is 388 g/mol. The van der Waals surface area contributed by atoms with Gasteiger partial charge in [0.15, 0.2) is 0 Å². The molecule has 160 valence electrons. The summed E-state index contributed by atoms with van der Waals surface area (Å²) in [5.74, 6) is 0.473. The van der Waals surface area contributed by atoms with Crippen molar-refractivity contribution in [2.45, 2.75) is 32.7 Å². The van der Waals surface area contributed by atoms with E-state index in [-0.39, 0.29) is 17.9 Å². The molecule has 2 N–H and O–H groups in total. The molecule has 31 heavy (non-hydrogen) atoms. The molecule has 5 nitrogen and oxygen atoms in total. The molecule has 0 bridgehead atoms. The van der Waals surface area contributed by atoms with Crippen LogP contribution in [0.25, 0.3) is 0 Å². The summed E-state index contributed by atoms with van der Waals surface area (Å²) < 4.78 is 5.28. The van der Waals surface area contributed by atoms with Crippen molar-refractivity contribution in [2.75, 3.05) is 12.4 Å². The lowest BCUT2D eigenvalue weighted by atomic mass is 10.1. The van der Waals surface area contributed by atoms with Crippen molar-refractivity contribution in [3.63, 3.8) is 0 Å². The molecule has 0 spiro atoms. The number of anilines is 1. The molecule has 1 atom stereocenters. The Hall–Kier alpha value is -3.60. The van der Waals surface area contributed by atoms with Gasteiger partial charge in [-0.15, -0.1) is 0 Å². The van der Waals surface area contributed by atoms with E-state index in [1.807, 2.05) is 62.4 Å². The number of carbonyl (C=O) groups is 2. The van der Waals surface area contributed by atoms with Gasteiger partial charge in [-0.1, -0.05) is 54.6 Å². The molecule has 0 aliphatic heterocycles. The zero-order chi connectivity index (χ0) is 22.2. The van der Waals surface area contributed by atoms with E-state index in [0.29, 0.717) is 24.1 Å².